The van der Waals surface area contributed by atoms with Crippen molar-refractivity contribution >= 4 is 0 Å². The first-order valence-electron chi connectivity index (χ1n) is 9.49. The second-order valence-corrected chi connectivity index (χ2v) is 7.23. The molecule has 1 aromatic carbocycles. The quantitative estimate of drug-likeness (QED) is 0.838. The highest BCUT2D eigenvalue weighted by molar-refractivity contribution is 5.14. The molecule has 0 aromatic heterocycles. The number of aliphatic hydroxyl groups excluding tert-OH is 1. The summed E-state index contributed by atoms with van der Waals surface area (Å²) in [5.74, 6) is 0. The Morgan fingerprint density at radius 1 is 1.04 bits per heavy atom. The molecule has 3 rings (SSSR count). The molecule has 2 aliphatic rings. The monoisotopic (exact) mass is 316 g/mol. The maximum absolute atomic E-state index is 9.44. The van der Waals surface area contributed by atoms with Crippen LogP contribution in [0.5, 0.6) is 0 Å². The van der Waals surface area contributed by atoms with E-state index in [1.54, 1.807) is 0 Å². The third-order valence-corrected chi connectivity index (χ3v) is 5.65. The molecule has 0 bridgehead atoms. The molecule has 1 aromatic rings. The summed E-state index contributed by atoms with van der Waals surface area (Å²) >= 11 is 0. The summed E-state index contributed by atoms with van der Waals surface area (Å²) < 4.78 is 0. The Hall–Kier alpha value is -0.900. The van der Waals surface area contributed by atoms with E-state index in [0.29, 0.717) is 12.6 Å². The predicted octanol–water partition coefficient (Wildman–Crippen LogP) is 2.93. The zero-order valence-electron chi connectivity index (χ0n) is 14.4. The van der Waals surface area contributed by atoms with Crippen LogP contribution < -0.4 is 0 Å². The SMILES string of the molecule is OCC[C@H]1CN(CCCc2ccccc2)CCN1C1CCCC1. The summed E-state index contributed by atoms with van der Waals surface area (Å²) in [6.45, 7) is 5.06. The van der Waals surface area contributed by atoms with E-state index >= 15 is 0 Å². The lowest BCUT2D eigenvalue weighted by atomic mass is 10.0. The molecule has 1 heterocycles. The number of rotatable bonds is 7. The summed E-state index contributed by atoms with van der Waals surface area (Å²) in [6.07, 6.45) is 8.88. The van der Waals surface area contributed by atoms with E-state index in [0.717, 1.165) is 19.0 Å². The van der Waals surface area contributed by atoms with Gasteiger partial charge in [0, 0.05) is 38.3 Å². The second kappa shape index (κ2) is 8.81. The van der Waals surface area contributed by atoms with Gasteiger partial charge in [0.25, 0.3) is 0 Å². The summed E-state index contributed by atoms with van der Waals surface area (Å²) in [7, 11) is 0. The van der Waals surface area contributed by atoms with Crippen molar-refractivity contribution in [2.45, 2.75) is 57.0 Å². The van der Waals surface area contributed by atoms with Gasteiger partial charge in [-0.3, -0.25) is 4.90 Å². The van der Waals surface area contributed by atoms with E-state index in [1.807, 2.05) is 0 Å². The summed E-state index contributed by atoms with van der Waals surface area (Å²) in [6, 6.07) is 12.2. The minimum absolute atomic E-state index is 0.325. The van der Waals surface area contributed by atoms with Crippen LogP contribution in [0.1, 0.15) is 44.1 Å². The van der Waals surface area contributed by atoms with Gasteiger partial charge < -0.3 is 10.0 Å². The van der Waals surface area contributed by atoms with Gasteiger partial charge in [-0.25, -0.2) is 0 Å². The average Bonchev–Trinajstić information content (AvgIpc) is 3.11. The Morgan fingerprint density at radius 3 is 2.57 bits per heavy atom. The van der Waals surface area contributed by atoms with Gasteiger partial charge in [-0.15, -0.1) is 0 Å². The van der Waals surface area contributed by atoms with Gasteiger partial charge in [-0.1, -0.05) is 43.2 Å². The fourth-order valence-corrected chi connectivity index (χ4v) is 4.41. The van der Waals surface area contributed by atoms with E-state index in [9.17, 15) is 5.11 Å². The van der Waals surface area contributed by atoms with E-state index in [2.05, 4.69) is 40.1 Å². The number of hydrogen-bond donors (Lipinski definition) is 1. The Bertz CT molecular complexity index is 444. The van der Waals surface area contributed by atoms with Crippen LogP contribution >= 0.6 is 0 Å². The average molecular weight is 316 g/mol. The fraction of sp³-hybridized carbons (Fsp3) is 0.700. The third kappa shape index (κ3) is 4.79. The van der Waals surface area contributed by atoms with Crippen LogP contribution in [-0.4, -0.2) is 59.8 Å². The highest BCUT2D eigenvalue weighted by Gasteiger charge is 2.32. The Morgan fingerprint density at radius 2 is 1.83 bits per heavy atom. The first-order valence-corrected chi connectivity index (χ1v) is 9.49. The van der Waals surface area contributed by atoms with Crippen LogP contribution in [0.2, 0.25) is 0 Å². The van der Waals surface area contributed by atoms with Crippen molar-refractivity contribution in [2.75, 3.05) is 32.8 Å². The topological polar surface area (TPSA) is 26.7 Å². The van der Waals surface area contributed by atoms with Crippen LogP contribution in [0.3, 0.4) is 0 Å². The molecule has 128 valence electrons. The highest BCUT2D eigenvalue weighted by Crippen LogP contribution is 2.27. The van der Waals surface area contributed by atoms with Gasteiger partial charge in [-0.2, -0.15) is 0 Å². The van der Waals surface area contributed by atoms with Crippen LogP contribution in [0.25, 0.3) is 0 Å². The molecule has 2 fully saturated rings. The van der Waals surface area contributed by atoms with Crippen LogP contribution in [0.4, 0.5) is 0 Å². The lowest BCUT2D eigenvalue weighted by molar-refractivity contribution is 0.0296. The largest absolute Gasteiger partial charge is 0.396 e. The molecule has 0 radical (unpaired) electrons. The highest BCUT2D eigenvalue weighted by atomic mass is 16.3. The zero-order chi connectivity index (χ0) is 15.9. The van der Waals surface area contributed by atoms with E-state index in [-0.39, 0.29) is 0 Å². The first-order chi connectivity index (χ1) is 11.4. The molecular formula is C20H32N2O. The maximum Gasteiger partial charge on any atom is 0.0446 e. The van der Waals surface area contributed by atoms with Crippen molar-refractivity contribution in [1.29, 1.82) is 0 Å². The number of benzene rings is 1. The van der Waals surface area contributed by atoms with E-state index < -0.39 is 0 Å². The van der Waals surface area contributed by atoms with Crippen LogP contribution in [-0.2, 0) is 6.42 Å². The van der Waals surface area contributed by atoms with Crippen molar-refractivity contribution in [2.24, 2.45) is 0 Å². The van der Waals surface area contributed by atoms with Crippen LogP contribution in [0, 0.1) is 0 Å². The maximum atomic E-state index is 9.44. The molecule has 1 saturated carbocycles. The Labute approximate surface area is 141 Å². The van der Waals surface area contributed by atoms with Crippen molar-refractivity contribution in [1.82, 2.24) is 9.80 Å². The van der Waals surface area contributed by atoms with Crippen molar-refractivity contribution < 1.29 is 5.11 Å². The lowest BCUT2D eigenvalue weighted by Gasteiger charge is -2.44. The summed E-state index contributed by atoms with van der Waals surface area (Å²) in [5, 5.41) is 9.44. The fourth-order valence-electron chi connectivity index (χ4n) is 4.41. The van der Waals surface area contributed by atoms with Gasteiger partial charge in [-0.05, 0) is 44.2 Å². The number of aliphatic hydroxyl groups is 1. The molecule has 1 atom stereocenters. The molecule has 0 unspecified atom stereocenters. The molecular weight excluding hydrogens is 284 g/mol. The van der Waals surface area contributed by atoms with Crippen molar-refractivity contribution in [3.63, 3.8) is 0 Å². The van der Waals surface area contributed by atoms with Crippen molar-refractivity contribution in [3.05, 3.63) is 35.9 Å². The molecule has 3 nitrogen and oxygen atoms in total. The first kappa shape index (κ1) is 16.9. The minimum Gasteiger partial charge on any atom is -0.396 e. The molecule has 0 spiro atoms. The second-order valence-electron chi connectivity index (χ2n) is 7.23. The van der Waals surface area contributed by atoms with Gasteiger partial charge in [0.05, 0.1) is 0 Å². The summed E-state index contributed by atoms with van der Waals surface area (Å²) in [5.41, 5.74) is 1.45. The number of piperazine rings is 1. The van der Waals surface area contributed by atoms with Crippen molar-refractivity contribution in [3.8, 4) is 0 Å². The molecule has 1 saturated heterocycles. The number of hydrogen-bond acceptors (Lipinski definition) is 3. The molecule has 0 amide bonds. The van der Waals surface area contributed by atoms with E-state index in [1.165, 1.54) is 63.7 Å². The third-order valence-electron chi connectivity index (χ3n) is 5.65. The zero-order valence-corrected chi connectivity index (χ0v) is 14.4. The molecule has 1 aliphatic heterocycles. The van der Waals surface area contributed by atoms with Gasteiger partial charge >= 0.3 is 0 Å². The number of nitrogens with zero attached hydrogens (tertiary/aromatic N) is 2. The van der Waals surface area contributed by atoms with E-state index in [4.69, 9.17) is 0 Å². The molecule has 23 heavy (non-hydrogen) atoms. The van der Waals surface area contributed by atoms with Gasteiger partial charge in [0.1, 0.15) is 0 Å². The molecule has 1 aliphatic carbocycles. The molecule has 3 heteroatoms. The standard InChI is InChI=1S/C20H32N2O/c23-16-12-20-17-21(13-6-9-18-7-2-1-3-8-18)14-15-22(20)19-10-4-5-11-19/h1-3,7-8,19-20,23H,4-6,9-17H2/t20-/m0/s1. The summed E-state index contributed by atoms with van der Waals surface area (Å²) in [4.78, 5) is 5.34. The van der Waals surface area contributed by atoms with Gasteiger partial charge in [0.15, 0.2) is 0 Å². The predicted molar refractivity (Wildman–Crippen MR) is 95.7 cm³/mol. The smallest absolute Gasteiger partial charge is 0.0446 e. The van der Waals surface area contributed by atoms with Crippen LogP contribution in [0.15, 0.2) is 30.3 Å². The Kier molecular flexibility index (Phi) is 6.49. The molecule has 1 N–H and O–H groups in total. The normalized spacial score (nSPS) is 24.3. The minimum atomic E-state index is 0.325. The number of aryl methyl sites for hydroxylation is 1. The lowest BCUT2D eigenvalue weighted by Crippen LogP contribution is -2.56. The van der Waals surface area contributed by atoms with Gasteiger partial charge in [0.2, 0.25) is 0 Å². The Balaban J connectivity index is 1.46.